The minimum Gasteiger partial charge on any atom is -0.497 e. The molecule has 1 aliphatic rings. The molecule has 0 saturated carbocycles. The van der Waals surface area contributed by atoms with Crippen LogP contribution in [0.3, 0.4) is 0 Å². The second kappa shape index (κ2) is 15.5. The fraction of sp³-hybridized carbons (Fsp3) is 0.278. The molecule has 0 heterocycles. The molecule has 2 amide bonds. The van der Waals surface area contributed by atoms with Crippen LogP contribution in [0.4, 0.5) is 4.79 Å². The van der Waals surface area contributed by atoms with Gasteiger partial charge in [-0.1, -0.05) is 74.5 Å². The van der Waals surface area contributed by atoms with Crippen molar-refractivity contribution in [2.24, 2.45) is 0 Å². The third kappa shape index (κ3) is 7.32. The van der Waals surface area contributed by atoms with Crippen molar-refractivity contribution in [3.8, 4) is 28.4 Å². The minimum atomic E-state index is -0.598. The molecular weight excluding hydrogens is 556 g/mol. The summed E-state index contributed by atoms with van der Waals surface area (Å²) in [4.78, 5) is 25.1. The van der Waals surface area contributed by atoms with Crippen molar-refractivity contribution in [1.29, 1.82) is 0 Å². The highest BCUT2D eigenvalue weighted by molar-refractivity contribution is 5.79. The summed E-state index contributed by atoms with van der Waals surface area (Å²) in [6.07, 6.45) is -0.559. The molecule has 0 fully saturated rings. The van der Waals surface area contributed by atoms with Gasteiger partial charge in [-0.15, -0.1) is 0 Å². The third-order valence-electron chi connectivity index (χ3n) is 7.31. The molecule has 1 aliphatic carbocycles. The smallest absolute Gasteiger partial charge is 0.407 e. The van der Waals surface area contributed by atoms with Crippen LogP contribution in [0.2, 0.25) is 0 Å². The van der Waals surface area contributed by atoms with E-state index in [1.807, 2.05) is 69.3 Å². The summed E-state index contributed by atoms with van der Waals surface area (Å²) in [6.45, 7) is 6.50. The molecule has 1 atom stereocenters. The molecule has 8 nitrogen and oxygen atoms in total. The van der Waals surface area contributed by atoms with Gasteiger partial charge < -0.3 is 29.6 Å². The molecule has 0 saturated heterocycles. The Morgan fingerprint density at radius 2 is 1.41 bits per heavy atom. The zero-order valence-electron chi connectivity index (χ0n) is 25.9. The summed E-state index contributed by atoms with van der Waals surface area (Å²) < 4.78 is 22.5. The zero-order chi connectivity index (χ0) is 31.5. The van der Waals surface area contributed by atoms with Crippen molar-refractivity contribution in [2.75, 3.05) is 34.0 Å². The number of amides is 2. The zero-order valence-corrected chi connectivity index (χ0v) is 25.9. The van der Waals surface area contributed by atoms with Gasteiger partial charge in [-0.2, -0.15) is 0 Å². The Labute approximate surface area is 259 Å². The predicted molar refractivity (Wildman–Crippen MR) is 172 cm³/mol. The van der Waals surface area contributed by atoms with Crippen LogP contribution in [0.5, 0.6) is 17.2 Å². The average Bonchev–Trinajstić information content (AvgIpc) is 3.40. The van der Waals surface area contributed by atoms with Gasteiger partial charge in [0, 0.05) is 24.1 Å². The van der Waals surface area contributed by atoms with Crippen LogP contribution in [-0.2, 0) is 9.53 Å². The maximum absolute atomic E-state index is 13.3. The molecule has 2 N–H and O–H groups in total. The van der Waals surface area contributed by atoms with Crippen molar-refractivity contribution in [3.05, 3.63) is 113 Å². The van der Waals surface area contributed by atoms with Gasteiger partial charge in [0.1, 0.15) is 23.9 Å². The Morgan fingerprint density at radius 1 is 0.795 bits per heavy atom. The van der Waals surface area contributed by atoms with Crippen LogP contribution >= 0.6 is 0 Å². The first kappa shape index (κ1) is 31.9. The second-order valence-electron chi connectivity index (χ2n) is 9.82. The molecule has 8 heteroatoms. The first-order valence-electron chi connectivity index (χ1n) is 14.8. The van der Waals surface area contributed by atoms with Crippen molar-refractivity contribution < 1.29 is 28.5 Å². The lowest BCUT2D eigenvalue weighted by Crippen LogP contribution is -2.31. The van der Waals surface area contributed by atoms with Crippen LogP contribution in [0.1, 0.15) is 55.0 Å². The van der Waals surface area contributed by atoms with E-state index >= 15 is 0 Å². The van der Waals surface area contributed by atoms with Crippen molar-refractivity contribution in [3.63, 3.8) is 0 Å². The number of ether oxygens (including phenoxy) is 4. The molecule has 0 spiro atoms. The number of carbonyl (C=O) groups is 2. The van der Waals surface area contributed by atoms with Crippen molar-refractivity contribution in [2.45, 2.75) is 32.7 Å². The summed E-state index contributed by atoms with van der Waals surface area (Å²) >= 11 is 0. The molecule has 1 unspecified atom stereocenters. The number of likely N-dealkylation sites (N-methyl/N-ethyl adjacent to an activating group) is 1. The number of rotatable bonds is 11. The highest BCUT2D eigenvalue weighted by Crippen LogP contribution is 2.44. The van der Waals surface area contributed by atoms with Gasteiger partial charge in [-0.05, 0) is 59.0 Å². The van der Waals surface area contributed by atoms with Crippen LogP contribution in [0, 0.1) is 0 Å². The number of hydrogen-bond donors (Lipinski definition) is 2. The van der Waals surface area contributed by atoms with Gasteiger partial charge in [0.25, 0.3) is 5.91 Å². The van der Waals surface area contributed by atoms with Crippen molar-refractivity contribution in [1.82, 2.24) is 10.6 Å². The van der Waals surface area contributed by atoms with Crippen LogP contribution in [0.15, 0.2) is 91.0 Å². The number of hydrogen-bond acceptors (Lipinski definition) is 6. The molecular formula is C36H40N2O6. The highest BCUT2D eigenvalue weighted by atomic mass is 16.5. The largest absolute Gasteiger partial charge is 0.497 e. The lowest BCUT2D eigenvalue weighted by molar-refractivity contribution is -0.122. The Bertz CT molecular complexity index is 1510. The maximum atomic E-state index is 13.3. The number of fused-ring (bicyclic) bond motifs is 3. The number of nitrogens with one attached hydrogen (secondary N) is 2. The summed E-state index contributed by atoms with van der Waals surface area (Å²) in [5.74, 6) is 1.46. The molecule has 230 valence electrons. The van der Waals surface area contributed by atoms with E-state index < -0.39 is 12.1 Å². The number of benzene rings is 4. The highest BCUT2D eigenvalue weighted by Gasteiger charge is 2.30. The standard InChI is InChI=1S/C34H34N2O6.C2H6/c1-4-35-32(37)21-41-23-15-13-22(14-16-23)33(29-18-17-24(39-2)19-31(29)40-3)36-34(38)42-20-30-27-11-7-5-9-25(27)26-10-6-8-12-28(26)30;1-2/h5-19,30,33H,4,20-21H2,1-3H3,(H,35,37)(H,36,38);1-2H3. The fourth-order valence-electron chi connectivity index (χ4n) is 5.31. The number of methoxy groups -OCH3 is 2. The first-order chi connectivity index (χ1) is 21.5. The predicted octanol–water partition coefficient (Wildman–Crippen LogP) is 6.87. The molecule has 4 aromatic carbocycles. The van der Waals surface area contributed by atoms with Crippen molar-refractivity contribution >= 4 is 12.0 Å². The Morgan fingerprint density at radius 3 is 2.00 bits per heavy atom. The van der Waals surface area contributed by atoms with E-state index in [1.54, 1.807) is 32.4 Å². The normalized spacial score (nSPS) is 12.0. The van der Waals surface area contributed by atoms with E-state index in [1.165, 1.54) is 0 Å². The Balaban J connectivity index is 0.00000216. The summed E-state index contributed by atoms with van der Waals surface area (Å²) in [5.41, 5.74) is 6.11. The molecule has 44 heavy (non-hydrogen) atoms. The molecule has 0 aromatic heterocycles. The van der Waals surface area contributed by atoms with Gasteiger partial charge in [0.05, 0.1) is 20.3 Å². The number of alkyl carbamates (subject to hydrolysis) is 1. The number of carbonyl (C=O) groups excluding carboxylic acids is 2. The van der Waals surface area contributed by atoms with E-state index in [9.17, 15) is 9.59 Å². The topological polar surface area (TPSA) is 95.1 Å². The summed E-state index contributed by atoms with van der Waals surface area (Å²) in [6, 6.07) is 28.5. The van der Waals surface area contributed by atoms with Gasteiger partial charge in [-0.25, -0.2) is 4.79 Å². The molecule has 0 bridgehead atoms. The molecule has 5 rings (SSSR count). The lowest BCUT2D eigenvalue weighted by Gasteiger charge is -2.23. The molecule has 0 aliphatic heterocycles. The average molecular weight is 597 g/mol. The van der Waals surface area contributed by atoms with Crippen LogP contribution < -0.4 is 24.8 Å². The van der Waals surface area contributed by atoms with E-state index in [-0.39, 0.29) is 25.0 Å². The second-order valence-corrected chi connectivity index (χ2v) is 9.82. The summed E-state index contributed by atoms with van der Waals surface area (Å²) in [7, 11) is 3.15. The quantitative estimate of drug-likeness (QED) is 0.196. The fourth-order valence-corrected chi connectivity index (χ4v) is 5.31. The Hall–Kier alpha value is -4.98. The van der Waals surface area contributed by atoms with E-state index in [0.717, 1.165) is 33.4 Å². The molecule has 0 radical (unpaired) electrons. The van der Waals surface area contributed by atoms with Gasteiger partial charge in [-0.3, -0.25) is 4.79 Å². The van der Waals surface area contributed by atoms with E-state index in [4.69, 9.17) is 18.9 Å². The van der Waals surface area contributed by atoms with Crippen LogP contribution in [0.25, 0.3) is 11.1 Å². The van der Waals surface area contributed by atoms with Gasteiger partial charge in [0.15, 0.2) is 6.61 Å². The molecule has 4 aromatic rings. The third-order valence-corrected chi connectivity index (χ3v) is 7.31. The van der Waals surface area contributed by atoms with Gasteiger partial charge in [0.2, 0.25) is 0 Å². The SMILES string of the molecule is CC.CCNC(=O)COc1ccc(C(NC(=O)OCC2c3ccccc3-c3ccccc32)c2ccc(OC)cc2OC)cc1. The van der Waals surface area contributed by atoms with E-state index in [0.29, 0.717) is 23.8 Å². The monoisotopic (exact) mass is 596 g/mol. The van der Waals surface area contributed by atoms with Crippen LogP contribution in [-0.4, -0.2) is 46.0 Å². The summed E-state index contributed by atoms with van der Waals surface area (Å²) in [5, 5.41) is 5.74. The first-order valence-corrected chi connectivity index (χ1v) is 14.8. The Kier molecular flexibility index (Phi) is 11.2. The maximum Gasteiger partial charge on any atom is 0.407 e. The van der Waals surface area contributed by atoms with Gasteiger partial charge >= 0.3 is 6.09 Å². The minimum absolute atomic E-state index is 0.0570. The van der Waals surface area contributed by atoms with E-state index in [2.05, 4.69) is 34.9 Å². The lowest BCUT2D eigenvalue weighted by atomic mass is 9.97.